The van der Waals surface area contributed by atoms with Crippen molar-refractivity contribution < 1.29 is 17.9 Å². The molecule has 1 unspecified atom stereocenters. The lowest BCUT2D eigenvalue weighted by molar-refractivity contribution is -0.141. The monoisotopic (exact) mass is 297 g/mol. The van der Waals surface area contributed by atoms with Crippen molar-refractivity contribution in [2.24, 2.45) is 0 Å². The van der Waals surface area contributed by atoms with E-state index in [1.165, 1.54) is 7.11 Å². The molecule has 1 aromatic heterocycles. The summed E-state index contributed by atoms with van der Waals surface area (Å²) in [7, 11) is 1.53. The van der Waals surface area contributed by atoms with E-state index in [4.69, 9.17) is 16.3 Å². The second-order valence-electron chi connectivity index (χ2n) is 3.97. The Morgan fingerprint density at radius 3 is 2.53 bits per heavy atom. The molecule has 0 amide bonds. The van der Waals surface area contributed by atoms with Crippen LogP contribution in [0, 0.1) is 0 Å². The molecule has 0 saturated carbocycles. The highest BCUT2D eigenvalue weighted by atomic mass is 35.5. The molecule has 19 heavy (non-hydrogen) atoms. The third kappa shape index (κ3) is 4.21. The summed E-state index contributed by atoms with van der Waals surface area (Å²) in [5, 5.41) is -0.423. The first-order chi connectivity index (χ1) is 8.79. The van der Waals surface area contributed by atoms with E-state index in [0.29, 0.717) is 13.2 Å². The van der Waals surface area contributed by atoms with Crippen molar-refractivity contribution >= 4 is 17.4 Å². The van der Waals surface area contributed by atoms with Crippen LogP contribution in [0.3, 0.4) is 0 Å². The van der Waals surface area contributed by atoms with Crippen molar-refractivity contribution in [3.05, 3.63) is 17.0 Å². The van der Waals surface area contributed by atoms with Crippen LogP contribution in [0.1, 0.15) is 19.5 Å². The fraction of sp³-hybridized carbons (Fsp3) is 0.636. The average Bonchev–Trinajstić information content (AvgIpc) is 2.28. The Morgan fingerprint density at radius 2 is 2.05 bits per heavy atom. The quantitative estimate of drug-likeness (QED) is 0.783. The number of likely N-dealkylation sites (N-methyl/N-ethyl adjacent to an activating group) is 1. The highest BCUT2D eigenvalue weighted by Crippen LogP contribution is 2.30. The number of rotatable bonds is 5. The fourth-order valence-electron chi connectivity index (χ4n) is 1.73. The number of hydrogen-bond acceptors (Lipinski definition) is 4. The van der Waals surface area contributed by atoms with E-state index in [1.807, 2.05) is 13.8 Å². The predicted octanol–water partition coefficient (Wildman–Crippen LogP) is 3.01. The van der Waals surface area contributed by atoms with Gasteiger partial charge in [-0.15, -0.1) is 0 Å². The first-order valence-electron chi connectivity index (χ1n) is 5.67. The molecular weight excluding hydrogens is 283 g/mol. The second kappa shape index (κ2) is 6.38. The van der Waals surface area contributed by atoms with Crippen molar-refractivity contribution in [1.82, 2.24) is 9.97 Å². The Kier molecular flexibility index (Phi) is 5.37. The van der Waals surface area contributed by atoms with Gasteiger partial charge in [0, 0.05) is 19.7 Å². The van der Waals surface area contributed by atoms with Gasteiger partial charge in [-0.3, -0.25) is 0 Å². The lowest BCUT2D eigenvalue weighted by Crippen LogP contribution is -2.37. The summed E-state index contributed by atoms with van der Waals surface area (Å²) in [4.78, 5) is 8.72. The Hall–Kier alpha value is -1.08. The summed E-state index contributed by atoms with van der Waals surface area (Å²) in [5.74, 6) is 0.138. The van der Waals surface area contributed by atoms with Crippen LogP contribution in [-0.2, 0) is 10.9 Å². The van der Waals surface area contributed by atoms with Gasteiger partial charge in [0.25, 0.3) is 0 Å². The molecule has 0 aliphatic heterocycles. The Balaban J connectivity index is 3.14. The first kappa shape index (κ1) is 16.0. The maximum absolute atomic E-state index is 12.7. The molecule has 0 spiro atoms. The number of nitrogens with zero attached hydrogens (tertiary/aromatic N) is 3. The molecule has 1 aromatic rings. The van der Waals surface area contributed by atoms with E-state index >= 15 is 0 Å². The van der Waals surface area contributed by atoms with Crippen LogP contribution in [0.5, 0.6) is 0 Å². The molecule has 1 heterocycles. The van der Waals surface area contributed by atoms with E-state index in [0.717, 1.165) is 6.07 Å². The van der Waals surface area contributed by atoms with Gasteiger partial charge in [0.2, 0.25) is 5.28 Å². The van der Waals surface area contributed by atoms with Crippen LogP contribution in [0.15, 0.2) is 6.07 Å². The molecule has 1 rings (SSSR count). The number of halogens is 4. The van der Waals surface area contributed by atoms with Crippen molar-refractivity contribution in [2.45, 2.75) is 26.1 Å². The predicted molar refractivity (Wildman–Crippen MR) is 66.4 cm³/mol. The number of anilines is 1. The number of alkyl halides is 3. The molecule has 8 heteroatoms. The van der Waals surface area contributed by atoms with Crippen LogP contribution >= 0.6 is 11.6 Å². The van der Waals surface area contributed by atoms with Gasteiger partial charge in [-0.25, -0.2) is 9.97 Å². The molecule has 0 N–H and O–H groups in total. The van der Waals surface area contributed by atoms with E-state index in [-0.39, 0.29) is 11.9 Å². The van der Waals surface area contributed by atoms with Gasteiger partial charge in [-0.2, -0.15) is 13.2 Å². The van der Waals surface area contributed by atoms with Crippen molar-refractivity contribution in [3.8, 4) is 0 Å². The smallest absolute Gasteiger partial charge is 0.383 e. The average molecular weight is 298 g/mol. The van der Waals surface area contributed by atoms with E-state index in [9.17, 15) is 13.2 Å². The summed E-state index contributed by atoms with van der Waals surface area (Å²) in [5.41, 5.74) is -1.05. The van der Waals surface area contributed by atoms with Crippen LogP contribution in [0.4, 0.5) is 19.0 Å². The molecule has 0 aliphatic rings. The lowest BCUT2D eigenvalue weighted by Gasteiger charge is -2.28. The fourth-order valence-corrected chi connectivity index (χ4v) is 1.91. The molecule has 4 nitrogen and oxygen atoms in total. The number of methoxy groups -OCH3 is 1. The van der Waals surface area contributed by atoms with Gasteiger partial charge in [0.1, 0.15) is 5.82 Å². The van der Waals surface area contributed by atoms with Crippen molar-refractivity contribution in [3.63, 3.8) is 0 Å². The second-order valence-corrected chi connectivity index (χ2v) is 4.31. The summed E-state index contributed by atoms with van der Waals surface area (Å²) in [6.45, 7) is 4.50. The normalized spacial score (nSPS) is 13.4. The highest BCUT2D eigenvalue weighted by Gasteiger charge is 2.34. The van der Waals surface area contributed by atoms with Gasteiger partial charge < -0.3 is 9.64 Å². The van der Waals surface area contributed by atoms with E-state index in [2.05, 4.69) is 9.97 Å². The van der Waals surface area contributed by atoms with E-state index in [1.54, 1.807) is 4.90 Å². The standard InChI is InChI=1S/C11H15ClF3N3O/c1-4-18(7(2)6-19-3)9-5-8(11(13,14)15)16-10(12)17-9/h5,7H,4,6H2,1-3H3. The summed E-state index contributed by atoms with van der Waals surface area (Å²) in [6.07, 6.45) is -4.55. The van der Waals surface area contributed by atoms with Crippen molar-refractivity contribution in [1.29, 1.82) is 0 Å². The molecule has 0 radical (unpaired) electrons. The third-order valence-corrected chi connectivity index (χ3v) is 2.72. The zero-order chi connectivity index (χ0) is 14.6. The van der Waals surface area contributed by atoms with E-state index < -0.39 is 17.2 Å². The molecule has 0 aliphatic carbocycles. The topological polar surface area (TPSA) is 38.2 Å². The molecule has 0 bridgehead atoms. The van der Waals surface area contributed by atoms with Crippen molar-refractivity contribution in [2.75, 3.05) is 25.2 Å². The lowest BCUT2D eigenvalue weighted by atomic mass is 10.2. The molecule has 0 aromatic carbocycles. The molecule has 0 fully saturated rings. The summed E-state index contributed by atoms with van der Waals surface area (Å²) >= 11 is 5.56. The SMILES string of the molecule is CCN(c1cc(C(F)(F)F)nc(Cl)n1)C(C)COC. The minimum atomic E-state index is -4.55. The molecule has 1 atom stereocenters. The summed E-state index contributed by atoms with van der Waals surface area (Å²) < 4.78 is 43.0. The van der Waals surface area contributed by atoms with Crippen LogP contribution in [0.25, 0.3) is 0 Å². The molecule has 0 saturated heterocycles. The van der Waals surface area contributed by atoms with Gasteiger partial charge in [-0.1, -0.05) is 0 Å². The highest BCUT2D eigenvalue weighted by molar-refractivity contribution is 6.28. The maximum Gasteiger partial charge on any atom is 0.433 e. The van der Waals surface area contributed by atoms with Gasteiger partial charge in [0.15, 0.2) is 5.69 Å². The zero-order valence-electron chi connectivity index (χ0n) is 10.8. The van der Waals surface area contributed by atoms with Crippen LogP contribution in [-0.4, -0.2) is 36.3 Å². The number of hydrogen-bond donors (Lipinski definition) is 0. The zero-order valence-corrected chi connectivity index (χ0v) is 11.6. The Bertz CT molecular complexity index is 428. The summed E-state index contributed by atoms with van der Waals surface area (Å²) in [6, 6.07) is 0.767. The Morgan fingerprint density at radius 1 is 1.42 bits per heavy atom. The third-order valence-electron chi connectivity index (χ3n) is 2.55. The minimum absolute atomic E-state index is 0.123. The van der Waals surface area contributed by atoms with Gasteiger partial charge in [0.05, 0.1) is 12.6 Å². The molecule has 108 valence electrons. The first-order valence-corrected chi connectivity index (χ1v) is 6.04. The number of aromatic nitrogens is 2. The number of ether oxygens (including phenoxy) is 1. The maximum atomic E-state index is 12.7. The van der Waals surface area contributed by atoms with Crippen LogP contribution in [0.2, 0.25) is 5.28 Å². The van der Waals surface area contributed by atoms with Gasteiger partial charge >= 0.3 is 6.18 Å². The molecular formula is C11H15ClF3N3O. The van der Waals surface area contributed by atoms with Crippen LogP contribution < -0.4 is 4.90 Å². The van der Waals surface area contributed by atoms with Gasteiger partial charge in [-0.05, 0) is 25.4 Å². The minimum Gasteiger partial charge on any atom is -0.383 e. The largest absolute Gasteiger partial charge is 0.433 e. The Labute approximate surface area is 114 Å².